The number of halogens is 2. The summed E-state index contributed by atoms with van der Waals surface area (Å²) in [5.74, 6) is 1.55. The zero-order valence-corrected chi connectivity index (χ0v) is 19.7. The summed E-state index contributed by atoms with van der Waals surface area (Å²) in [5.41, 5.74) is 6.75. The molecular weight excluding hydrogens is 461 g/mol. The Labute approximate surface area is 202 Å². The molecule has 4 N–H and O–H groups in total. The molecule has 4 rings (SSSR count). The largest absolute Gasteiger partial charge is 0.368 e. The van der Waals surface area contributed by atoms with Gasteiger partial charge in [-0.3, -0.25) is 9.36 Å². The fraction of sp³-hybridized carbons (Fsp3) is 0.391. The number of carbonyl (C=O) groups excluding carboxylic acids is 1. The van der Waals surface area contributed by atoms with E-state index >= 15 is 0 Å². The minimum Gasteiger partial charge on any atom is -0.368 e. The Bertz CT molecular complexity index is 1080. The smallest absolute Gasteiger partial charge is 0.242 e. The van der Waals surface area contributed by atoms with Crippen molar-refractivity contribution in [1.29, 1.82) is 0 Å². The van der Waals surface area contributed by atoms with Crippen LogP contribution in [0.1, 0.15) is 44.1 Å². The predicted octanol–water partition coefficient (Wildman–Crippen LogP) is 4.62. The molecule has 2 heterocycles. The van der Waals surface area contributed by atoms with Crippen molar-refractivity contribution in [3.05, 3.63) is 58.6 Å². The molecule has 1 saturated carbocycles. The maximum atomic E-state index is 13.2. The molecule has 0 radical (unpaired) electrons. The van der Waals surface area contributed by atoms with Crippen molar-refractivity contribution >= 4 is 40.9 Å². The van der Waals surface area contributed by atoms with Crippen molar-refractivity contribution in [3.8, 4) is 5.82 Å². The van der Waals surface area contributed by atoms with Crippen molar-refractivity contribution in [2.75, 3.05) is 11.1 Å². The van der Waals surface area contributed by atoms with Gasteiger partial charge in [-0.1, -0.05) is 61.4 Å². The number of anilines is 2. The van der Waals surface area contributed by atoms with Gasteiger partial charge in [0.05, 0.1) is 0 Å². The van der Waals surface area contributed by atoms with Crippen molar-refractivity contribution < 1.29 is 4.79 Å². The lowest BCUT2D eigenvalue weighted by molar-refractivity contribution is -0.122. The molecule has 1 amide bonds. The van der Waals surface area contributed by atoms with Crippen LogP contribution in [0.15, 0.2) is 43.0 Å². The van der Waals surface area contributed by atoms with Gasteiger partial charge in [-0.25, -0.2) is 4.98 Å². The monoisotopic (exact) mass is 487 g/mol. The molecule has 8 nitrogen and oxygen atoms in total. The number of benzene rings is 1. The number of nitrogens with two attached hydrogens (primary N) is 1. The van der Waals surface area contributed by atoms with Gasteiger partial charge < -0.3 is 16.4 Å². The third kappa shape index (κ3) is 6.36. The third-order valence-electron chi connectivity index (χ3n) is 5.90. The molecule has 0 bridgehead atoms. The molecule has 10 heteroatoms. The predicted molar refractivity (Wildman–Crippen MR) is 130 cm³/mol. The number of nitrogen functional groups attached to an aromatic ring is 1. The van der Waals surface area contributed by atoms with E-state index in [1.54, 1.807) is 41.5 Å². The molecule has 1 fully saturated rings. The summed E-state index contributed by atoms with van der Waals surface area (Å²) in [7, 11) is 0. The summed E-state index contributed by atoms with van der Waals surface area (Å²) in [6, 6.07) is 6.54. The second kappa shape index (κ2) is 10.9. The Kier molecular flexibility index (Phi) is 7.67. The van der Waals surface area contributed by atoms with Gasteiger partial charge >= 0.3 is 0 Å². The Morgan fingerprint density at radius 3 is 2.73 bits per heavy atom. The second-order valence-corrected chi connectivity index (χ2v) is 9.17. The summed E-state index contributed by atoms with van der Waals surface area (Å²) in [4.78, 5) is 25.9. The molecule has 1 aliphatic rings. The van der Waals surface area contributed by atoms with Crippen LogP contribution in [0, 0.1) is 5.92 Å². The summed E-state index contributed by atoms with van der Waals surface area (Å²) in [5, 5.41) is 7.38. The molecule has 0 unspecified atom stereocenters. The number of nitrogens with one attached hydrogen (secondary N) is 2. The molecule has 3 aromatic rings. The van der Waals surface area contributed by atoms with Crippen molar-refractivity contribution in [1.82, 2.24) is 24.8 Å². The number of nitrogens with zero attached hydrogens (tertiary/aromatic N) is 4. The van der Waals surface area contributed by atoms with Crippen LogP contribution in [-0.2, 0) is 11.3 Å². The van der Waals surface area contributed by atoms with E-state index in [2.05, 4.69) is 25.6 Å². The SMILES string of the molecule is Nc1nc(N[C@H](CC2CCCCC2)C(=O)NCc2ccc(Cl)cc2Cl)cc(-n2ccnc2)n1. The molecule has 0 saturated heterocycles. The van der Waals surface area contributed by atoms with Gasteiger partial charge in [0.2, 0.25) is 11.9 Å². The fourth-order valence-electron chi connectivity index (χ4n) is 4.19. The summed E-state index contributed by atoms with van der Waals surface area (Å²) in [6.45, 7) is 0.309. The second-order valence-electron chi connectivity index (χ2n) is 8.33. The first-order chi connectivity index (χ1) is 16.0. The zero-order valence-electron chi connectivity index (χ0n) is 18.2. The Hall–Kier alpha value is -2.84. The van der Waals surface area contributed by atoms with Crippen molar-refractivity contribution in [2.45, 2.75) is 51.1 Å². The fourth-order valence-corrected chi connectivity index (χ4v) is 4.67. The van der Waals surface area contributed by atoms with Crippen LogP contribution < -0.4 is 16.4 Å². The first-order valence-electron chi connectivity index (χ1n) is 11.1. The Morgan fingerprint density at radius 2 is 2.00 bits per heavy atom. The van der Waals surface area contributed by atoms with E-state index in [4.69, 9.17) is 28.9 Å². The maximum Gasteiger partial charge on any atom is 0.242 e. The van der Waals surface area contributed by atoms with E-state index in [0.29, 0.717) is 40.6 Å². The first-order valence-corrected chi connectivity index (χ1v) is 11.8. The van der Waals surface area contributed by atoms with Gasteiger partial charge in [0.25, 0.3) is 0 Å². The highest BCUT2D eigenvalue weighted by molar-refractivity contribution is 6.35. The van der Waals surface area contributed by atoms with Crippen LogP contribution in [0.4, 0.5) is 11.8 Å². The quantitative estimate of drug-likeness (QED) is 0.427. The highest BCUT2D eigenvalue weighted by Gasteiger charge is 2.25. The topological polar surface area (TPSA) is 111 Å². The van der Waals surface area contributed by atoms with Gasteiger partial charge in [0.15, 0.2) is 0 Å². The third-order valence-corrected chi connectivity index (χ3v) is 6.49. The molecule has 0 spiro atoms. The molecular formula is C23H27Cl2N7O. The lowest BCUT2D eigenvalue weighted by Crippen LogP contribution is -2.41. The average Bonchev–Trinajstić information content (AvgIpc) is 3.33. The molecule has 1 atom stereocenters. The number of rotatable bonds is 8. The van der Waals surface area contributed by atoms with Gasteiger partial charge in [-0.15, -0.1) is 0 Å². The molecule has 1 aromatic carbocycles. The van der Waals surface area contributed by atoms with Crippen LogP contribution in [0.25, 0.3) is 5.82 Å². The standard InChI is InChI=1S/C23H27Cl2N7O/c24-17-7-6-16(18(25)11-17)13-28-22(33)19(10-15-4-2-1-3-5-15)29-20-12-21(31-23(26)30-20)32-9-8-27-14-32/h6-9,11-12,14-15,19H,1-5,10,13H2,(H,28,33)(H3,26,29,30,31)/t19-/m1/s1. The number of amides is 1. The Balaban J connectivity index is 1.51. The highest BCUT2D eigenvalue weighted by Crippen LogP contribution is 2.28. The lowest BCUT2D eigenvalue weighted by Gasteiger charge is -2.27. The Morgan fingerprint density at radius 1 is 1.18 bits per heavy atom. The van der Waals surface area contributed by atoms with Crippen LogP contribution in [0.2, 0.25) is 10.0 Å². The number of imidazole rings is 1. The summed E-state index contributed by atoms with van der Waals surface area (Å²) < 4.78 is 1.74. The number of carbonyl (C=O) groups is 1. The average molecular weight is 488 g/mol. The van der Waals surface area contributed by atoms with Crippen LogP contribution >= 0.6 is 23.2 Å². The van der Waals surface area contributed by atoms with E-state index in [-0.39, 0.29) is 11.9 Å². The van der Waals surface area contributed by atoms with Gasteiger partial charge in [0.1, 0.15) is 24.0 Å². The molecule has 2 aromatic heterocycles. The molecule has 0 aliphatic heterocycles. The van der Waals surface area contributed by atoms with E-state index in [0.717, 1.165) is 18.4 Å². The van der Waals surface area contributed by atoms with Crippen LogP contribution in [0.5, 0.6) is 0 Å². The minimum atomic E-state index is -0.468. The zero-order chi connectivity index (χ0) is 23.2. The van der Waals surface area contributed by atoms with Gasteiger partial charge in [0, 0.05) is 35.1 Å². The summed E-state index contributed by atoms with van der Waals surface area (Å²) >= 11 is 12.3. The van der Waals surface area contributed by atoms with Crippen molar-refractivity contribution in [3.63, 3.8) is 0 Å². The van der Waals surface area contributed by atoms with E-state index in [9.17, 15) is 4.79 Å². The molecule has 33 heavy (non-hydrogen) atoms. The van der Waals surface area contributed by atoms with Gasteiger partial charge in [-0.05, 0) is 30.0 Å². The van der Waals surface area contributed by atoms with Gasteiger partial charge in [-0.2, -0.15) is 9.97 Å². The van der Waals surface area contributed by atoms with E-state index in [1.807, 2.05) is 6.07 Å². The van der Waals surface area contributed by atoms with Crippen LogP contribution in [0.3, 0.4) is 0 Å². The summed E-state index contributed by atoms with van der Waals surface area (Å²) in [6.07, 6.45) is 11.7. The van der Waals surface area contributed by atoms with E-state index in [1.165, 1.54) is 19.3 Å². The van der Waals surface area contributed by atoms with E-state index < -0.39 is 6.04 Å². The normalized spacial score (nSPS) is 15.2. The van der Waals surface area contributed by atoms with Crippen LogP contribution in [-0.4, -0.2) is 31.5 Å². The molecule has 1 aliphatic carbocycles. The highest BCUT2D eigenvalue weighted by atomic mass is 35.5. The number of hydrogen-bond donors (Lipinski definition) is 3. The lowest BCUT2D eigenvalue weighted by atomic mass is 9.84. The van der Waals surface area contributed by atoms with Crippen molar-refractivity contribution in [2.24, 2.45) is 5.92 Å². The number of aromatic nitrogens is 4. The first kappa shape index (κ1) is 23.3. The minimum absolute atomic E-state index is 0.118. The molecule has 174 valence electrons. The maximum absolute atomic E-state index is 13.2. The number of hydrogen-bond acceptors (Lipinski definition) is 6.